The van der Waals surface area contributed by atoms with Gasteiger partial charge in [-0.15, -0.1) is 5.92 Å². The number of carbonyl (C=O) groups is 2. The molecule has 254 valence electrons. The lowest BCUT2D eigenvalue weighted by Crippen LogP contribution is -2.49. The van der Waals surface area contributed by atoms with E-state index in [0.29, 0.717) is 25.5 Å². The van der Waals surface area contributed by atoms with E-state index in [0.717, 1.165) is 42.7 Å². The number of nitrogens with one attached hydrogen (secondary N) is 1. The molecule has 0 bridgehead atoms. The number of hydrogen-bond acceptors (Lipinski definition) is 9. The number of anilines is 1. The summed E-state index contributed by atoms with van der Waals surface area (Å²) in [5.41, 5.74) is -1.92. The molecule has 47 heavy (non-hydrogen) atoms. The molecule has 1 fully saturated rings. The van der Waals surface area contributed by atoms with Gasteiger partial charge in [0.2, 0.25) is 11.9 Å². The molecule has 0 saturated carbocycles. The second-order valence-corrected chi connectivity index (χ2v) is 12.6. The number of nitrogens with zero attached hydrogens (tertiary/aromatic N) is 6. The molecule has 3 aromatic rings. The van der Waals surface area contributed by atoms with Gasteiger partial charge in [-0.1, -0.05) is 32.1 Å². The minimum Gasteiger partial charge on any atom is -0.462 e. The summed E-state index contributed by atoms with van der Waals surface area (Å²) in [6, 6.07) is 2.04. The number of aromatic nitrogens is 5. The van der Waals surface area contributed by atoms with Gasteiger partial charge in [0.25, 0.3) is 5.56 Å². The molecule has 1 N–H and O–H groups in total. The Labute approximate surface area is 273 Å². The van der Waals surface area contributed by atoms with Crippen molar-refractivity contribution in [3.05, 3.63) is 50.2 Å². The molecule has 1 aliphatic rings. The third-order valence-corrected chi connectivity index (χ3v) is 7.75. The number of rotatable bonds is 11. The van der Waals surface area contributed by atoms with Crippen molar-refractivity contribution < 1.29 is 23.5 Å². The van der Waals surface area contributed by atoms with Gasteiger partial charge < -0.3 is 19.7 Å². The van der Waals surface area contributed by atoms with Crippen molar-refractivity contribution in [3.8, 4) is 11.8 Å². The second kappa shape index (κ2) is 15.3. The van der Waals surface area contributed by atoms with E-state index in [9.17, 15) is 23.6 Å². The second-order valence-electron chi connectivity index (χ2n) is 12.6. The first kappa shape index (κ1) is 35.2. The summed E-state index contributed by atoms with van der Waals surface area (Å²) in [6.45, 7) is 9.93. The Morgan fingerprint density at radius 1 is 1.13 bits per heavy atom. The van der Waals surface area contributed by atoms with Gasteiger partial charge in [0.1, 0.15) is 5.60 Å². The highest BCUT2D eigenvalue weighted by Gasteiger charge is 2.29. The monoisotopic (exact) mass is 653 g/mol. The number of piperidine rings is 1. The van der Waals surface area contributed by atoms with Crippen LogP contribution in [0.1, 0.15) is 89.2 Å². The molecular formula is C33H44FN7O6. The molecule has 3 aromatic heterocycles. The summed E-state index contributed by atoms with van der Waals surface area (Å²) >= 11 is 0. The Balaban J connectivity index is 1.71. The first-order chi connectivity index (χ1) is 22.3. The number of amides is 1. The van der Waals surface area contributed by atoms with Crippen molar-refractivity contribution in [2.45, 2.75) is 97.9 Å². The van der Waals surface area contributed by atoms with E-state index in [2.05, 4.69) is 29.1 Å². The quantitative estimate of drug-likeness (QED) is 0.142. The van der Waals surface area contributed by atoms with Gasteiger partial charge >= 0.3 is 17.8 Å². The van der Waals surface area contributed by atoms with E-state index in [1.165, 1.54) is 17.7 Å². The Morgan fingerprint density at radius 2 is 1.89 bits per heavy atom. The van der Waals surface area contributed by atoms with Crippen LogP contribution in [-0.2, 0) is 29.6 Å². The molecule has 4 heterocycles. The average molecular weight is 654 g/mol. The van der Waals surface area contributed by atoms with Gasteiger partial charge in [-0.3, -0.25) is 18.5 Å². The van der Waals surface area contributed by atoms with Gasteiger partial charge in [0.15, 0.2) is 11.2 Å². The molecule has 13 nitrogen and oxygen atoms in total. The lowest BCUT2D eigenvalue weighted by atomic mass is 10.1. The van der Waals surface area contributed by atoms with Crippen LogP contribution in [0.2, 0.25) is 0 Å². The largest absolute Gasteiger partial charge is 0.462 e. The topological polar surface area (TPSA) is 143 Å². The Bertz CT molecular complexity index is 1790. The number of aryl methyl sites for hydroxylation is 1. The maximum absolute atomic E-state index is 14.3. The zero-order valence-corrected chi connectivity index (χ0v) is 28.0. The Hall–Kier alpha value is -4.67. The SMILES string of the molecule is CC#CCn1c(N2CCCC(NC(=O)OC(C)(C)C)C2)nc2c1c(=O)n(Cc1nc(F)ccc1C(=O)OCCCCCC)c(=O)n2C. The molecule has 1 atom stereocenters. The first-order valence-electron chi connectivity index (χ1n) is 16.0. The third kappa shape index (κ3) is 8.58. The number of pyridine rings is 1. The van der Waals surface area contributed by atoms with Crippen LogP contribution in [0.3, 0.4) is 0 Å². The van der Waals surface area contributed by atoms with Crippen LogP contribution in [0.5, 0.6) is 0 Å². The summed E-state index contributed by atoms with van der Waals surface area (Å²) in [5.74, 6) is 4.67. The van der Waals surface area contributed by atoms with Gasteiger partial charge in [-0.05, 0) is 59.1 Å². The van der Waals surface area contributed by atoms with Crippen molar-refractivity contribution in [2.24, 2.45) is 7.05 Å². The fraction of sp³-hybridized carbons (Fsp3) is 0.576. The van der Waals surface area contributed by atoms with E-state index >= 15 is 0 Å². The molecule has 0 aliphatic carbocycles. The highest BCUT2D eigenvalue weighted by molar-refractivity contribution is 5.90. The highest BCUT2D eigenvalue weighted by Crippen LogP contribution is 2.24. The average Bonchev–Trinajstić information content (AvgIpc) is 3.40. The van der Waals surface area contributed by atoms with Crippen molar-refractivity contribution >= 4 is 29.2 Å². The number of esters is 1. The van der Waals surface area contributed by atoms with Crippen molar-refractivity contribution in [1.29, 1.82) is 0 Å². The van der Waals surface area contributed by atoms with Crippen LogP contribution in [0.15, 0.2) is 21.7 Å². The summed E-state index contributed by atoms with van der Waals surface area (Å²) in [6.07, 6.45) is 4.56. The molecule has 14 heteroatoms. The molecule has 0 spiro atoms. The maximum atomic E-state index is 14.3. The number of ether oxygens (including phenoxy) is 2. The normalized spacial score (nSPS) is 14.9. The Morgan fingerprint density at radius 3 is 2.60 bits per heavy atom. The van der Waals surface area contributed by atoms with Crippen LogP contribution in [0.25, 0.3) is 11.2 Å². The van der Waals surface area contributed by atoms with Crippen LogP contribution < -0.4 is 21.5 Å². The maximum Gasteiger partial charge on any atom is 0.407 e. The van der Waals surface area contributed by atoms with Crippen molar-refractivity contribution in [1.82, 2.24) is 29.0 Å². The molecular weight excluding hydrogens is 609 g/mol. The summed E-state index contributed by atoms with van der Waals surface area (Å²) in [4.78, 5) is 63.6. The number of unbranched alkanes of at least 4 members (excludes halogenated alkanes) is 3. The number of imidazole rings is 1. The minimum absolute atomic E-state index is 0.0289. The zero-order valence-electron chi connectivity index (χ0n) is 28.0. The van der Waals surface area contributed by atoms with Crippen LogP contribution >= 0.6 is 0 Å². The fourth-order valence-electron chi connectivity index (χ4n) is 5.50. The lowest BCUT2D eigenvalue weighted by molar-refractivity contribution is 0.0487. The minimum atomic E-state index is -0.865. The summed E-state index contributed by atoms with van der Waals surface area (Å²) < 4.78 is 29.0. The van der Waals surface area contributed by atoms with Crippen LogP contribution in [0, 0.1) is 17.8 Å². The molecule has 4 rings (SSSR count). The van der Waals surface area contributed by atoms with Gasteiger partial charge in [-0.2, -0.15) is 9.37 Å². The number of alkyl carbamates (subject to hydrolysis) is 1. The van der Waals surface area contributed by atoms with E-state index < -0.39 is 41.4 Å². The van der Waals surface area contributed by atoms with Gasteiger partial charge in [0.05, 0.1) is 31.0 Å². The van der Waals surface area contributed by atoms with Gasteiger partial charge in [-0.25, -0.2) is 19.4 Å². The predicted molar refractivity (Wildman–Crippen MR) is 175 cm³/mol. The van der Waals surface area contributed by atoms with E-state index in [1.54, 1.807) is 32.3 Å². The molecule has 1 saturated heterocycles. The molecule has 1 amide bonds. The Kier molecular flexibility index (Phi) is 11.4. The lowest BCUT2D eigenvalue weighted by Gasteiger charge is -2.34. The molecule has 1 unspecified atom stereocenters. The highest BCUT2D eigenvalue weighted by atomic mass is 19.1. The van der Waals surface area contributed by atoms with Crippen LogP contribution in [0.4, 0.5) is 15.1 Å². The smallest absolute Gasteiger partial charge is 0.407 e. The summed E-state index contributed by atoms with van der Waals surface area (Å²) in [7, 11) is 1.49. The van der Waals surface area contributed by atoms with E-state index in [1.807, 2.05) is 4.90 Å². The van der Waals surface area contributed by atoms with Crippen molar-refractivity contribution in [2.75, 3.05) is 24.6 Å². The molecule has 0 aromatic carbocycles. The van der Waals surface area contributed by atoms with Crippen molar-refractivity contribution in [3.63, 3.8) is 0 Å². The fourth-order valence-corrected chi connectivity index (χ4v) is 5.50. The number of fused-ring (bicyclic) bond motifs is 1. The zero-order chi connectivity index (χ0) is 34.3. The third-order valence-electron chi connectivity index (χ3n) is 7.75. The molecule has 0 radical (unpaired) electrons. The summed E-state index contributed by atoms with van der Waals surface area (Å²) in [5, 5.41) is 2.92. The van der Waals surface area contributed by atoms with Gasteiger partial charge in [0, 0.05) is 26.2 Å². The number of carbonyl (C=O) groups excluding carboxylic acids is 2. The predicted octanol–water partition coefficient (Wildman–Crippen LogP) is 3.73. The number of hydrogen-bond donors (Lipinski definition) is 1. The van der Waals surface area contributed by atoms with E-state index in [-0.39, 0.29) is 41.6 Å². The van der Waals surface area contributed by atoms with Crippen LogP contribution in [-0.4, -0.2) is 67.1 Å². The van der Waals surface area contributed by atoms with E-state index in [4.69, 9.17) is 14.5 Å². The number of halogens is 1. The first-order valence-corrected chi connectivity index (χ1v) is 16.0. The molecule has 1 aliphatic heterocycles. The standard InChI is InChI=1S/C33H44FN7O6/c1-7-9-11-12-19-46-29(43)23-15-16-25(34)36-24(23)21-41-28(42)26-27(38(6)32(41)45)37-30(40(26)18-10-8-2)39-17-13-14-22(20-39)35-31(44)47-33(3,4)5/h15-16,22H,7,9,11-14,17-21H2,1-6H3,(H,35,44).